The maximum Gasteiger partial charge on any atom is 0.247 e. The molecular formula is C28H32N4O4. The minimum atomic E-state index is -0.134. The van der Waals surface area contributed by atoms with Crippen molar-refractivity contribution in [3.05, 3.63) is 71.3 Å². The van der Waals surface area contributed by atoms with Crippen LogP contribution in [0.5, 0.6) is 11.5 Å². The quantitative estimate of drug-likeness (QED) is 0.606. The predicted molar refractivity (Wildman–Crippen MR) is 137 cm³/mol. The van der Waals surface area contributed by atoms with Gasteiger partial charge in [-0.15, -0.1) is 0 Å². The van der Waals surface area contributed by atoms with Crippen LogP contribution >= 0.6 is 0 Å². The van der Waals surface area contributed by atoms with Gasteiger partial charge in [0.1, 0.15) is 0 Å². The number of ether oxygens (including phenoxy) is 2. The number of nitrogens with zero attached hydrogens (tertiary/aromatic N) is 3. The van der Waals surface area contributed by atoms with Crippen LogP contribution in [0.2, 0.25) is 0 Å². The summed E-state index contributed by atoms with van der Waals surface area (Å²) < 4.78 is 10.9. The van der Waals surface area contributed by atoms with Gasteiger partial charge in [0, 0.05) is 31.1 Å². The Morgan fingerprint density at radius 1 is 0.944 bits per heavy atom. The first-order valence-corrected chi connectivity index (χ1v) is 12.4. The van der Waals surface area contributed by atoms with E-state index in [1.807, 2.05) is 30.3 Å². The third-order valence-electron chi connectivity index (χ3n) is 7.11. The molecule has 3 aliphatic rings. The van der Waals surface area contributed by atoms with Crippen LogP contribution in [-0.2, 0) is 22.7 Å². The van der Waals surface area contributed by atoms with Gasteiger partial charge >= 0.3 is 0 Å². The molecule has 0 radical (unpaired) electrons. The number of rotatable bonds is 7. The van der Waals surface area contributed by atoms with Crippen LogP contribution in [-0.4, -0.2) is 61.3 Å². The third-order valence-corrected chi connectivity index (χ3v) is 7.11. The summed E-state index contributed by atoms with van der Waals surface area (Å²) >= 11 is 0. The summed E-state index contributed by atoms with van der Waals surface area (Å²) in [6.45, 7) is 3.01. The van der Waals surface area contributed by atoms with E-state index >= 15 is 0 Å². The van der Waals surface area contributed by atoms with Crippen LogP contribution < -0.4 is 14.8 Å². The van der Waals surface area contributed by atoms with Gasteiger partial charge in [-0.2, -0.15) is 5.10 Å². The summed E-state index contributed by atoms with van der Waals surface area (Å²) in [5, 5.41) is 9.39. The molecule has 1 N–H and O–H groups in total. The molecule has 8 nitrogen and oxygen atoms in total. The zero-order chi connectivity index (χ0) is 25.1. The predicted octanol–water partition coefficient (Wildman–Crippen LogP) is 2.96. The number of carbonyl (C=O) groups is 2. The van der Waals surface area contributed by atoms with E-state index < -0.39 is 0 Å². The lowest BCUT2D eigenvalue weighted by molar-refractivity contribution is -0.138. The Kier molecular flexibility index (Phi) is 7.04. The van der Waals surface area contributed by atoms with E-state index in [1.54, 1.807) is 19.2 Å². The average molecular weight is 489 g/mol. The Bertz CT molecular complexity index is 1210. The van der Waals surface area contributed by atoms with Gasteiger partial charge in [-0.25, -0.2) is 5.01 Å². The van der Waals surface area contributed by atoms with Crippen LogP contribution in [0.3, 0.4) is 0 Å². The van der Waals surface area contributed by atoms with Crippen LogP contribution in [0.15, 0.2) is 59.7 Å². The summed E-state index contributed by atoms with van der Waals surface area (Å²) in [4.78, 5) is 27.4. The maximum absolute atomic E-state index is 13.5. The van der Waals surface area contributed by atoms with Crippen molar-refractivity contribution < 1.29 is 19.1 Å². The summed E-state index contributed by atoms with van der Waals surface area (Å²) in [7, 11) is 3.24. The van der Waals surface area contributed by atoms with E-state index in [-0.39, 0.29) is 23.7 Å². The second-order valence-electron chi connectivity index (χ2n) is 9.49. The van der Waals surface area contributed by atoms with Crippen LogP contribution in [0.1, 0.15) is 29.5 Å². The first-order valence-electron chi connectivity index (χ1n) is 12.4. The third kappa shape index (κ3) is 4.99. The van der Waals surface area contributed by atoms with Gasteiger partial charge in [-0.3, -0.25) is 14.5 Å². The molecule has 2 atom stereocenters. The Balaban J connectivity index is 1.42. The lowest BCUT2D eigenvalue weighted by Crippen LogP contribution is -2.47. The fourth-order valence-corrected chi connectivity index (χ4v) is 5.30. The van der Waals surface area contributed by atoms with Crippen LogP contribution in [0.4, 0.5) is 0 Å². The maximum atomic E-state index is 13.5. The van der Waals surface area contributed by atoms with Crippen molar-refractivity contribution in [1.82, 2.24) is 15.2 Å². The number of hydrogen-bond acceptors (Lipinski definition) is 6. The Labute approximate surface area is 211 Å². The Morgan fingerprint density at radius 3 is 2.44 bits per heavy atom. The molecule has 2 heterocycles. The van der Waals surface area contributed by atoms with Gasteiger partial charge < -0.3 is 14.8 Å². The molecule has 36 heavy (non-hydrogen) atoms. The lowest BCUT2D eigenvalue weighted by Gasteiger charge is -2.37. The van der Waals surface area contributed by atoms with Gasteiger partial charge in [0.2, 0.25) is 11.8 Å². The highest BCUT2D eigenvalue weighted by molar-refractivity contribution is 6.07. The van der Waals surface area contributed by atoms with Gasteiger partial charge in [-0.05, 0) is 42.2 Å². The molecule has 8 heteroatoms. The molecule has 1 fully saturated rings. The number of carbonyl (C=O) groups excluding carboxylic acids is 2. The normalized spacial score (nSPS) is 22.1. The lowest BCUT2D eigenvalue weighted by atomic mass is 9.76. The number of benzene rings is 2. The summed E-state index contributed by atoms with van der Waals surface area (Å²) in [6.07, 6.45) is 5.74. The molecule has 2 amide bonds. The van der Waals surface area contributed by atoms with Gasteiger partial charge in [0.05, 0.1) is 38.9 Å². The highest BCUT2D eigenvalue weighted by Crippen LogP contribution is 2.37. The Hall–Kier alpha value is -3.65. The molecule has 2 aromatic carbocycles. The molecule has 2 aromatic rings. The number of methoxy groups -OCH3 is 2. The minimum Gasteiger partial charge on any atom is -0.493 e. The fourth-order valence-electron chi connectivity index (χ4n) is 5.30. The smallest absolute Gasteiger partial charge is 0.247 e. The number of nitrogens with one attached hydrogen (secondary N) is 1. The van der Waals surface area contributed by atoms with Crippen molar-refractivity contribution in [3.8, 4) is 11.5 Å². The summed E-state index contributed by atoms with van der Waals surface area (Å²) in [6, 6.07) is 14.0. The molecule has 0 bridgehead atoms. The monoisotopic (exact) mass is 488 g/mol. The number of piperazine rings is 1. The highest BCUT2D eigenvalue weighted by atomic mass is 16.5. The summed E-state index contributed by atoms with van der Waals surface area (Å²) in [5.74, 6) is 1.33. The molecular weight excluding hydrogens is 456 g/mol. The second kappa shape index (κ2) is 10.5. The molecule has 2 unspecified atom stereocenters. The topological polar surface area (TPSA) is 83.5 Å². The van der Waals surface area contributed by atoms with E-state index in [1.165, 1.54) is 0 Å². The summed E-state index contributed by atoms with van der Waals surface area (Å²) in [5.41, 5.74) is 3.98. The van der Waals surface area contributed by atoms with Crippen molar-refractivity contribution in [2.45, 2.75) is 25.9 Å². The van der Waals surface area contributed by atoms with E-state index in [0.29, 0.717) is 44.1 Å². The standard InChI is InChI=1S/C28H32N4O4/c1-35-24-11-10-21(15-25(24)36-2)27-22-8-3-4-9-23(22)28(34)32(30-27)17-20-7-5-6-19(14-20)16-31-13-12-29-26(33)18-31/h3-7,10-11,14-15,22-23H,8-9,12-13,16-18H2,1-2H3,(H,29,33). The highest BCUT2D eigenvalue weighted by Gasteiger charge is 2.40. The zero-order valence-corrected chi connectivity index (χ0v) is 20.8. The number of amides is 2. The van der Waals surface area contributed by atoms with Gasteiger partial charge in [0.25, 0.3) is 0 Å². The largest absolute Gasteiger partial charge is 0.493 e. The van der Waals surface area contributed by atoms with Crippen molar-refractivity contribution in [2.75, 3.05) is 33.9 Å². The first-order chi connectivity index (χ1) is 17.6. The van der Waals surface area contributed by atoms with Gasteiger partial charge in [-0.1, -0.05) is 36.4 Å². The van der Waals surface area contributed by atoms with E-state index in [0.717, 1.165) is 35.4 Å². The van der Waals surface area contributed by atoms with E-state index in [2.05, 4.69) is 34.5 Å². The number of allylic oxidation sites excluding steroid dienone is 2. The molecule has 0 spiro atoms. The SMILES string of the molecule is COc1ccc(C2=NN(Cc3cccc(CN4CCNC(=O)C4)c3)C(=O)C3CC=CCC23)cc1OC. The van der Waals surface area contributed by atoms with Crippen molar-refractivity contribution >= 4 is 17.5 Å². The van der Waals surface area contributed by atoms with Gasteiger partial charge in [0.15, 0.2) is 11.5 Å². The van der Waals surface area contributed by atoms with E-state index in [4.69, 9.17) is 14.6 Å². The Morgan fingerprint density at radius 2 is 1.69 bits per heavy atom. The molecule has 188 valence electrons. The number of fused-ring (bicyclic) bond motifs is 1. The number of hydrogen-bond donors (Lipinski definition) is 1. The molecule has 0 saturated carbocycles. The van der Waals surface area contributed by atoms with Crippen molar-refractivity contribution in [2.24, 2.45) is 16.9 Å². The minimum absolute atomic E-state index is 0.0356. The first kappa shape index (κ1) is 24.1. The molecule has 0 aromatic heterocycles. The molecule has 1 saturated heterocycles. The molecule has 2 aliphatic heterocycles. The average Bonchev–Trinajstić information content (AvgIpc) is 2.90. The van der Waals surface area contributed by atoms with E-state index in [9.17, 15) is 9.59 Å². The molecule has 1 aliphatic carbocycles. The van der Waals surface area contributed by atoms with Crippen LogP contribution in [0.25, 0.3) is 0 Å². The zero-order valence-electron chi connectivity index (χ0n) is 20.8. The second-order valence-corrected chi connectivity index (χ2v) is 9.49. The van der Waals surface area contributed by atoms with Crippen LogP contribution in [0, 0.1) is 11.8 Å². The fraction of sp³-hybridized carbons (Fsp3) is 0.393. The van der Waals surface area contributed by atoms with Crippen molar-refractivity contribution in [3.63, 3.8) is 0 Å². The number of hydrazone groups is 1. The molecule has 5 rings (SSSR count). The van der Waals surface area contributed by atoms with Crippen molar-refractivity contribution in [1.29, 1.82) is 0 Å².